The van der Waals surface area contributed by atoms with Gasteiger partial charge in [0.1, 0.15) is 0 Å². The van der Waals surface area contributed by atoms with Crippen LogP contribution in [-0.4, -0.2) is 23.9 Å². The Hall–Kier alpha value is -1.26. The first kappa shape index (κ1) is 13.8. The van der Waals surface area contributed by atoms with Crippen LogP contribution >= 0.6 is 0 Å². The summed E-state index contributed by atoms with van der Waals surface area (Å²) < 4.78 is 5.13. The normalized spacial score (nSPS) is 13.5. The van der Waals surface area contributed by atoms with Crippen LogP contribution in [0.15, 0.2) is 12.1 Å². The van der Waals surface area contributed by atoms with Crippen LogP contribution in [0, 0.1) is 0 Å². The van der Waals surface area contributed by atoms with Crippen molar-refractivity contribution in [2.75, 3.05) is 13.7 Å². The van der Waals surface area contributed by atoms with E-state index >= 15 is 0 Å². The third kappa shape index (κ3) is 2.90. The topological polar surface area (TPSA) is 75.7 Å². The molecule has 0 bridgehead atoms. The van der Waals surface area contributed by atoms with Crippen LogP contribution in [0.25, 0.3) is 0 Å². The monoisotopic (exact) mass is 239 g/mol. The van der Waals surface area contributed by atoms with E-state index in [0.29, 0.717) is 11.3 Å². The summed E-state index contributed by atoms with van der Waals surface area (Å²) >= 11 is 0. The predicted octanol–water partition coefficient (Wildman–Crippen LogP) is 1.69. The lowest BCUT2D eigenvalue weighted by Gasteiger charge is -2.23. The smallest absolute Gasteiger partial charge is 0.162 e. The zero-order chi connectivity index (χ0) is 13.2. The van der Waals surface area contributed by atoms with Crippen LogP contribution in [0.2, 0.25) is 0 Å². The molecule has 0 aromatic heterocycles. The van der Waals surface area contributed by atoms with Crippen LogP contribution in [0.5, 0.6) is 11.5 Å². The van der Waals surface area contributed by atoms with E-state index in [-0.39, 0.29) is 17.8 Å². The minimum atomic E-state index is -0.605. The lowest BCUT2D eigenvalue weighted by atomic mass is 9.85. The van der Waals surface area contributed by atoms with E-state index in [1.165, 1.54) is 7.11 Å². The van der Waals surface area contributed by atoms with Crippen LogP contribution in [0.1, 0.15) is 37.9 Å². The van der Waals surface area contributed by atoms with Crippen LogP contribution in [-0.2, 0) is 5.41 Å². The highest BCUT2D eigenvalue weighted by molar-refractivity contribution is 5.51. The number of hydrogen-bond donors (Lipinski definition) is 3. The Labute approximate surface area is 102 Å². The van der Waals surface area contributed by atoms with Crippen molar-refractivity contribution in [1.82, 2.24) is 0 Å². The van der Waals surface area contributed by atoms with Gasteiger partial charge in [-0.1, -0.05) is 20.8 Å². The van der Waals surface area contributed by atoms with Gasteiger partial charge < -0.3 is 20.7 Å². The van der Waals surface area contributed by atoms with Gasteiger partial charge in [0, 0.05) is 5.56 Å². The molecule has 0 saturated heterocycles. The third-order valence-corrected chi connectivity index (χ3v) is 2.79. The van der Waals surface area contributed by atoms with Gasteiger partial charge in [-0.15, -0.1) is 0 Å². The molecule has 17 heavy (non-hydrogen) atoms. The number of phenols is 1. The molecule has 0 unspecified atom stereocenters. The fourth-order valence-corrected chi connectivity index (χ4v) is 1.60. The lowest BCUT2D eigenvalue weighted by Crippen LogP contribution is -2.18. The molecule has 0 heterocycles. The quantitative estimate of drug-likeness (QED) is 0.750. The molecule has 4 heteroatoms. The molecule has 0 aliphatic rings. The number of aliphatic hydroxyl groups is 1. The summed E-state index contributed by atoms with van der Waals surface area (Å²) in [5.74, 6) is 0.387. The summed E-state index contributed by atoms with van der Waals surface area (Å²) in [6, 6.07) is 3.01. The second-order valence-corrected chi connectivity index (χ2v) is 5.16. The number of aromatic hydroxyl groups is 1. The number of phenolic OH excluding ortho intramolecular Hbond substituents is 1. The molecule has 0 fully saturated rings. The zero-order valence-corrected chi connectivity index (χ0v) is 10.8. The molecule has 0 aliphatic carbocycles. The molecule has 1 atom stereocenters. The van der Waals surface area contributed by atoms with Crippen molar-refractivity contribution in [3.05, 3.63) is 23.3 Å². The summed E-state index contributed by atoms with van der Waals surface area (Å²) in [6.07, 6.45) is 0. The molecule has 4 N–H and O–H groups in total. The number of ether oxygens (including phenoxy) is 1. The molecule has 0 saturated carbocycles. The highest BCUT2D eigenvalue weighted by atomic mass is 16.5. The first-order valence-corrected chi connectivity index (χ1v) is 5.59. The highest BCUT2D eigenvalue weighted by Crippen LogP contribution is 2.37. The van der Waals surface area contributed by atoms with Gasteiger partial charge in [-0.05, 0) is 23.1 Å². The Morgan fingerprint density at radius 3 is 2.35 bits per heavy atom. The Balaban J connectivity index is 3.39. The van der Waals surface area contributed by atoms with Crippen LogP contribution in [0.3, 0.4) is 0 Å². The van der Waals surface area contributed by atoms with Crippen molar-refractivity contribution in [1.29, 1.82) is 0 Å². The second kappa shape index (κ2) is 4.94. The van der Waals surface area contributed by atoms with Crippen molar-refractivity contribution < 1.29 is 14.9 Å². The summed E-state index contributed by atoms with van der Waals surface area (Å²) in [7, 11) is 1.50. The predicted molar refractivity (Wildman–Crippen MR) is 67.4 cm³/mol. The Morgan fingerprint density at radius 1 is 1.35 bits per heavy atom. The summed E-state index contributed by atoms with van der Waals surface area (Å²) in [5, 5.41) is 19.1. The van der Waals surface area contributed by atoms with E-state index in [4.69, 9.17) is 15.6 Å². The largest absolute Gasteiger partial charge is 0.504 e. The van der Waals surface area contributed by atoms with Gasteiger partial charge in [0.2, 0.25) is 0 Å². The van der Waals surface area contributed by atoms with Crippen molar-refractivity contribution in [2.45, 2.75) is 32.2 Å². The maximum atomic E-state index is 9.96. The number of methoxy groups -OCH3 is 1. The van der Waals surface area contributed by atoms with E-state index in [1.807, 2.05) is 6.07 Å². The average Bonchev–Trinajstić information content (AvgIpc) is 2.26. The van der Waals surface area contributed by atoms with Crippen molar-refractivity contribution in [3.8, 4) is 11.5 Å². The Morgan fingerprint density at radius 2 is 1.94 bits per heavy atom. The number of nitrogens with two attached hydrogens (primary N) is 1. The van der Waals surface area contributed by atoms with Gasteiger partial charge in [-0.25, -0.2) is 0 Å². The zero-order valence-electron chi connectivity index (χ0n) is 10.8. The fourth-order valence-electron chi connectivity index (χ4n) is 1.60. The van der Waals surface area contributed by atoms with Gasteiger partial charge in [-0.2, -0.15) is 0 Å². The fraction of sp³-hybridized carbons (Fsp3) is 0.538. The SMILES string of the molecule is COc1cc(C(C)(C)C)cc([C@@H](N)CO)c1O. The van der Waals surface area contributed by atoms with E-state index in [9.17, 15) is 5.11 Å². The second-order valence-electron chi connectivity index (χ2n) is 5.16. The van der Waals surface area contributed by atoms with Gasteiger partial charge in [0.25, 0.3) is 0 Å². The molecule has 0 spiro atoms. The third-order valence-electron chi connectivity index (χ3n) is 2.79. The lowest BCUT2D eigenvalue weighted by molar-refractivity contribution is 0.264. The highest BCUT2D eigenvalue weighted by Gasteiger charge is 2.21. The molecular formula is C13H21NO3. The first-order valence-electron chi connectivity index (χ1n) is 5.59. The van der Waals surface area contributed by atoms with Crippen molar-refractivity contribution in [3.63, 3.8) is 0 Å². The van der Waals surface area contributed by atoms with Crippen LogP contribution in [0.4, 0.5) is 0 Å². The number of rotatable bonds is 3. The summed E-state index contributed by atoms with van der Waals surface area (Å²) in [4.78, 5) is 0. The molecule has 0 radical (unpaired) electrons. The Kier molecular flexibility index (Phi) is 4.01. The van der Waals surface area contributed by atoms with Crippen molar-refractivity contribution in [2.24, 2.45) is 5.73 Å². The van der Waals surface area contributed by atoms with Crippen molar-refractivity contribution >= 4 is 0 Å². The summed E-state index contributed by atoms with van der Waals surface area (Å²) in [6.45, 7) is 5.97. The molecule has 96 valence electrons. The van der Waals surface area contributed by atoms with E-state index < -0.39 is 6.04 Å². The first-order chi connectivity index (χ1) is 7.81. The van der Waals surface area contributed by atoms with E-state index in [1.54, 1.807) is 6.07 Å². The van der Waals surface area contributed by atoms with E-state index in [2.05, 4.69) is 20.8 Å². The van der Waals surface area contributed by atoms with Gasteiger partial charge in [-0.3, -0.25) is 0 Å². The maximum absolute atomic E-state index is 9.96. The van der Waals surface area contributed by atoms with Gasteiger partial charge in [0.05, 0.1) is 19.8 Å². The molecule has 0 amide bonds. The minimum absolute atomic E-state index is 0.00190. The van der Waals surface area contributed by atoms with Crippen LogP contribution < -0.4 is 10.5 Å². The molecular weight excluding hydrogens is 218 g/mol. The maximum Gasteiger partial charge on any atom is 0.162 e. The number of aliphatic hydroxyl groups excluding tert-OH is 1. The Bertz CT molecular complexity index is 396. The number of benzene rings is 1. The average molecular weight is 239 g/mol. The molecule has 1 aromatic carbocycles. The van der Waals surface area contributed by atoms with E-state index in [0.717, 1.165) is 5.56 Å². The molecule has 0 aliphatic heterocycles. The summed E-state index contributed by atoms with van der Waals surface area (Å²) in [5.41, 5.74) is 7.20. The van der Waals surface area contributed by atoms with Gasteiger partial charge in [0.15, 0.2) is 11.5 Å². The minimum Gasteiger partial charge on any atom is -0.504 e. The standard InChI is InChI=1S/C13H21NO3/c1-13(2,3)8-5-9(10(14)7-15)12(16)11(6-8)17-4/h5-6,10,15-16H,7,14H2,1-4H3/t10-/m0/s1. The molecule has 1 rings (SSSR count). The number of hydrogen-bond acceptors (Lipinski definition) is 4. The molecule has 4 nitrogen and oxygen atoms in total. The molecule has 1 aromatic rings. The van der Waals surface area contributed by atoms with Gasteiger partial charge >= 0.3 is 0 Å².